The lowest BCUT2D eigenvalue weighted by Crippen LogP contribution is -2.57. The van der Waals surface area contributed by atoms with Crippen molar-refractivity contribution in [3.63, 3.8) is 0 Å². The van der Waals surface area contributed by atoms with E-state index in [-0.39, 0.29) is 23.8 Å². The Morgan fingerprint density at radius 2 is 1.57 bits per heavy atom. The van der Waals surface area contributed by atoms with Gasteiger partial charge in [-0.3, -0.25) is 19.4 Å². The SMILES string of the molecule is COc1ccccc1CN(C[C@@H](Cc1c[nH]c2ccccc12)N(C(C)=O)N1CC=C(c2c[nH]c3ccc(C(=O)NCc4ccccc4)cc23)CC1)C(C)=O. The molecular weight excluding hydrogens is 677 g/mol. The largest absolute Gasteiger partial charge is 0.496 e. The maximum atomic E-state index is 13.7. The summed E-state index contributed by atoms with van der Waals surface area (Å²) in [5.74, 6) is 0.420. The summed E-state index contributed by atoms with van der Waals surface area (Å²) in [7, 11) is 1.63. The number of nitrogens with one attached hydrogen (secondary N) is 3. The van der Waals surface area contributed by atoms with Gasteiger partial charge in [-0.05, 0) is 59.9 Å². The Balaban J connectivity index is 1.14. The van der Waals surface area contributed by atoms with Gasteiger partial charge in [0.2, 0.25) is 11.8 Å². The van der Waals surface area contributed by atoms with Crippen molar-refractivity contribution >= 4 is 45.1 Å². The number of methoxy groups -OCH3 is 1. The first kappa shape index (κ1) is 36.2. The molecule has 0 radical (unpaired) electrons. The number of para-hydroxylation sites is 2. The number of aromatic nitrogens is 2. The molecule has 0 spiro atoms. The van der Waals surface area contributed by atoms with Gasteiger partial charge in [-0.2, -0.15) is 0 Å². The molecule has 3 amide bonds. The highest BCUT2D eigenvalue weighted by Crippen LogP contribution is 2.32. The molecule has 1 aliphatic rings. The number of fused-ring (bicyclic) bond motifs is 2. The van der Waals surface area contributed by atoms with E-state index < -0.39 is 0 Å². The molecular formula is C44H46N6O4. The molecule has 0 saturated heterocycles. The van der Waals surface area contributed by atoms with Crippen molar-refractivity contribution in [3.8, 4) is 5.75 Å². The maximum Gasteiger partial charge on any atom is 0.251 e. The average Bonchev–Trinajstić information content (AvgIpc) is 3.81. The van der Waals surface area contributed by atoms with Crippen LogP contribution in [0.15, 0.2) is 116 Å². The van der Waals surface area contributed by atoms with E-state index in [1.54, 1.807) is 25.9 Å². The first-order valence-electron chi connectivity index (χ1n) is 18.4. The molecule has 0 unspecified atom stereocenters. The lowest BCUT2D eigenvalue weighted by molar-refractivity contribution is -0.155. The summed E-state index contributed by atoms with van der Waals surface area (Å²) in [5, 5.41) is 9.07. The van der Waals surface area contributed by atoms with Crippen LogP contribution in [0.25, 0.3) is 27.4 Å². The van der Waals surface area contributed by atoms with Crippen LogP contribution in [0.4, 0.5) is 0 Å². The van der Waals surface area contributed by atoms with Crippen LogP contribution in [0.5, 0.6) is 5.75 Å². The number of aromatic amines is 2. The molecule has 10 heteroatoms. The van der Waals surface area contributed by atoms with Gasteiger partial charge in [0.05, 0.1) is 13.2 Å². The number of hydrazine groups is 1. The van der Waals surface area contributed by atoms with Crippen LogP contribution < -0.4 is 10.1 Å². The summed E-state index contributed by atoms with van der Waals surface area (Å²) >= 11 is 0. The number of amides is 3. The van der Waals surface area contributed by atoms with Gasteiger partial charge in [-0.1, -0.05) is 72.8 Å². The van der Waals surface area contributed by atoms with Crippen LogP contribution in [-0.4, -0.2) is 75.4 Å². The second kappa shape index (κ2) is 16.3. The standard InChI is InChI=1S/C44H46N6O4/c1-30(51)48(28-35-13-7-10-16-43(35)54-3)29-37(23-36-26-45-41-15-9-8-14-38(36)41)50(31(2)52)49-21-19-33(20-22-49)40-27-46-42-18-17-34(24-39(40)42)44(53)47-25-32-11-5-4-6-12-32/h4-19,24,26-27,37,45-46H,20-23,25,28-29H2,1-3H3,(H,47,53)/t37-/m1/s1. The van der Waals surface area contributed by atoms with Crippen molar-refractivity contribution in [2.24, 2.45) is 0 Å². The van der Waals surface area contributed by atoms with Gasteiger partial charge < -0.3 is 24.9 Å². The van der Waals surface area contributed by atoms with Gasteiger partial charge in [0.15, 0.2) is 0 Å². The summed E-state index contributed by atoms with van der Waals surface area (Å²) in [6.45, 7) is 5.43. The van der Waals surface area contributed by atoms with E-state index in [0.29, 0.717) is 56.9 Å². The number of hydrogen-bond donors (Lipinski definition) is 3. The lowest BCUT2D eigenvalue weighted by Gasteiger charge is -2.43. The van der Waals surface area contributed by atoms with Crippen LogP contribution >= 0.6 is 0 Å². The highest BCUT2D eigenvalue weighted by Gasteiger charge is 2.32. The Morgan fingerprint density at radius 1 is 0.833 bits per heavy atom. The number of ether oxygens (including phenoxy) is 1. The third kappa shape index (κ3) is 7.94. The van der Waals surface area contributed by atoms with E-state index in [1.807, 2.05) is 108 Å². The summed E-state index contributed by atoms with van der Waals surface area (Å²) in [6, 6.07) is 31.1. The second-order valence-electron chi connectivity index (χ2n) is 13.8. The summed E-state index contributed by atoms with van der Waals surface area (Å²) in [5.41, 5.74) is 7.80. The fourth-order valence-corrected chi connectivity index (χ4v) is 7.57. The van der Waals surface area contributed by atoms with Crippen LogP contribution in [0.3, 0.4) is 0 Å². The van der Waals surface area contributed by atoms with Crippen LogP contribution in [0.2, 0.25) is 0 Å². The summed E-state index contributed by atoms with van der Waals surface area (Å²) in [6.07, 6.45) is 7.42. The molecule has 1 atom stereocenters. The van der Waals surface area contributed by atoms with Gasteiger partial charge in [0, 0.05) is 97.5 Å². The number of rotatable bonds is 13. The zero-order valence-electron chi connectivity index (χ0n) is 31.0. The third-order valence-corrected chi connectivity index (χ3v) is 10.3. The molecule has 4 aromatic carbocycles. The Hall–Kier alpha value is -6.13. The van der Waals surface area contributed by atoms with E-state index in [4.69, 9.17) is 4.74 Å². The molecule has 1 aliphatic heterocycles. The first-order chi connectivity index (χ1) is 26.3. The lowest BCUT2D eigenvalue weighted by atomic mass is 9.98. The normalized spacial score (nSPS) is 13.7. The van der Waals surface area contributed by atoms with Gasteiger partial charge >= 0.3 is 0 Å². The van der Waals surface area contributed by atoms with Crippen molar-refractivity contribution < 1.29 is 19.1 Å². The highest BCUT2D eigenvalue weighted by atomic mass is 16.5. The quantitative estimate of drug-likeness (QED) is 0.118. The fourth-order valence-electron chi connectivity index (χ4n) is 7.57. The van der Waals surface area contributed by atoms with Crippen LogP contribution in [0.1, 0.15) is 52.9 Å². The first-order valence-corrected chi connectivity index (χ1v) is 18.4. The molecule has 0 aliphatic carbocycles. The monoisotopic (exact) mass is 722 g/mol. The topological polar surface area (TPSA) is 114 Å². The number of hydrogen-bond acceptors (Lipinski definition) is 5. The molecule has 54 heavy (non-hydrogen) atoms. The van der Waals surface area contributed by atoms with Crippen molar-refractivity contribution in [2.45, 2.75) is 45.8 Å². The van der Waals surface area contributed by atoms with E-state index in [0.717, 1.165) is 49.6 Å². The van der Waals surface area contributed by atoms with Crippen molar-refractivity contribution in [3.05, 3.63) is 143 Å². The molecule has 0 bridgehead atoms. The molecule has 3 N–H and O–H groups in total. The van der Waals surface area contributed by atoms with Crippen molar-refractivity contribution in [2.75, 3.05) is 26.7 Å². The number of H-pyrrole nitrogens is 2. The third-order valence-electron chi connectivity index (χ3n) is 10.3. The Bertz CT molecular complexity index is 2310. The molecule has 3 heterocycles. The average molecular weight is 723 g/mol. The van der Waals surface area contributed by atoms with Crippen LogP contribution in [-0.2, 0) is 29.1 Å². The Labute approximate surface area is 315 Å². The number of nitrogens with zero attached hydrogens (tertiary/aromatic N) is 3. The minimum absolute atomic E-state index is 0.0818. The Kier molecular flexibility index (Phi) is 10.9. The predicted octanol–water partition coefficient (Wildman–Crippen LogP) is 7.10. The zero-order chi connectivity index (χ0) is 37.6. The number of carbonyl (C=O) groups is 3. The Morgan fingerprint density at radius 3 is 2.33 bits per heavy atom. The number of carbonyl (C=O) groups excluding carboxylic acids is 3. The van der Waals surface area contributed by atoms with Gasteiger partial charge in [0.1, 0.15) is 5.75 Å². The molecule has 6 aromatic rings. The number of benzene rings is 4. The van der Waals surface area contributed by atoms with E-state index in [1.165, 1.54) is 0 Å². The molecule has 2 aromatic heterocycles. The van der Waals surface area contributed by atoms with Crippen molar-refractivity contribution in [1.82, 2.24) is 30.2 Å². The van der Waals surface area contributed by atoms with Gasteiger partial charge in [-0.25, -0.2) is 5.01 Å². The van der Waals surface area contributed by atoms with Gasteiger partial charge in [-0.15, -0.1) is 0 Å². The molecule has 0 saturated carbocycles. The maximum absolute atomic E-state index is 13.7. The molecule has 7 rings (SSSR count). The minimum Gasteiger partial charge on any atom is -0.496 e. The van der Waals surface area contributed by atoms with E-state index >= 15 is 0 Å². The molecule has 276 valence electrons. The van der Waals surface area contributed by atoms with Crippen molar-refractivity contribution in [1.29, 1.82) is 0 Å². The summed E-state index contributed by atoms with van der Waals surface area (Å²) in [4.78, 5) is 48.7. The van der Waals surface area contributed by atoms with Crippen LogP contribution in [0, 0.1) is 0 Å². The van der Waals surface area contributed by atoms with E-state index in [2.05, 4.69) is 32.4 Å². The zero-order valence-corrected chi connectivity index (χ0v) is 31.0. The molecule has 0 fully saturated rings. The van der Waals surface area contributed by atoms with E-state index in [9.17, 15) is 14.4 Å². The smallest absolute Gasteiger partial charge is 0.251 e. The second-order valence-corrected chi connectivity index (χ2v) is 13.8. The predicted molar refractivity (Wildman–Crippen MR) is 212 cm³/mol. The minimum atomic E-state index is -0.347. The summed E-state index contributed by atoms with van der Waals surface area (Å²) < 4.78 is 5.61. The fraction of sp³-hybridized carbons (Fsp3) is 0.250. The molecule has 10 nitrogen and oxygen atoms in total. The highest BCUT2D eigenvalue weighted by molar-refractivity contribution is 6.01. The van der Waals surface area contributed by atoms with Gasteiger partial charge in [0.25, 0.3) is 5.91 Å².